The van der Waals surface area contributed by atoms with Gasteiger partial charge in [0.1, 0.15) is 0 Å². The van der Waals surface area contributed by atoms with Gasteiger partial charge in [-0.3, -0.25) is 11.3 Å². The van der Waals surface area contributed by atoms with Gasteiger partial charge in [-0.2, -0.15) is 0 Å². The van der Waals surface area contributed by atoms with Crippen molar-refractivity contribution in [1.82, 2.24) is 5.43 Å². The summed E-state index contributed by atoms with van der Waals surface area (Å²) in [6, 6.07) is 6.43. The predicted molar refractivity (Wildman–Crippen MR) is 54.6 cm³/mol. The van der Waals surface area contributed by atoms with E-state index < -0.39 is 0 Å². The highest BCUT2D eigenvalue weighted by Crippen LogP contribution is 2.20. The third-order valence-corrected chi connectivity index (χ3v) is 2.80. The average Bonchev–Trinajstić information content (AvgIpc) is 2.08. The molecule has 12 heavy (non-hydrogen) atoms. The number of hydrogen-bond donors (Lipinski definition) is 2. The van der Waals surface area contributed by atoms with Gasteiger partial charge in [-0.15, -0.1) is 0 Å². The van der Waals surface area contributed by atoms with Crippen LogP contribution in [0.25, 0.3) is 0 Å². The first-order valence-electron chi connectivity index (χ1n) is 3.87. The molecule has 0 aliphatic heterocycles. The molecule has 0 aliphatic rings. The summed E-state index contributed by atoms with van der Waals surface area (Å²) >= 11 is 3.47. The van der Waals surface area contributed by atoms with E-state index >= 15 is 0 Å². The molecular formula is C9H13BrN2. The van der Waals surface area contributed by atoms with Crippen molar-refractivity contribution in [2.45, 2.75) is 19.9 Å². The molecule has 0 amide bonds. The maximum Gasteiger partial charge on any atom is 0.0432 e. The number of aryl methyl sites for hydroxylation is 1. The Hall–Kier alpha value is -0.380. The summed E-state index contributed by atoms with van der Waals surface area (Å²) in [5.41, 5.74) is 5.14. The van der Waals surface area contributed by atoms with Crippen LogP contribution >= 0.6 is 15.9 Å². The summed E-state index contributed by atoms with van der Waals surface area (Å²) in [6.45, 7) is 4.09. The van der Waals surface area contributed by atoms with Crippen molar-refractivity contribution in [3.63, 3.8) is 0 Å². The van der Waals surface area contributed by atoms with E-state index in [4.69, 9.17) is 5.84 Å². The van der Waals surface area contributed by atoms with Gasteiger partial charge in [0.15, 0.2) is 0 Å². The molecule has 0 heterocycles. The maximum atomic E-state index is 5.33. The van der Waals surface area contributed by atoms with Crippen molar-refractivity contribution in [1.29, 1.82) is 0 Å². The summed E-state index contributed by atoms with van der Waals surface area (Å²) < 4.78 is 1.13. The van der Waals surface area contributed by atoms with Gasteiger partial charge < -0.3 is 0 Å². The summed E-state index contributed by atoms with van der Waals surface area (Å²) in [7, 11) is 0. The standard InChI is InChI=1S/C9H13BrN2/c1-6-3-4-8(5-9(6)10)7(2)12-11/h3-5,7,12H,11H2,1-2H3/t7-/m0/s1. The molecule has 1 rings (SSSR count). The van der Waals surface area contributed by atoms with Gasteiger partial charge in [0.25, 0.3) is 0 Å². The largest absolute Gasteiger partial charge is 0.271 e. The van der Waals surface area contributed by atoms with E-state index in [9.17, 15) is 0 Å². The normalized spacial score (nSPS) is 13.0. The molecule has 0 spiro atoms. The molecule has 0 aromatic heterocycles. The number of benzene rings is 1. The van der Waals surface area contributed by atoms with E-state index in [0.29, 0.717) is 0 Å². The Bertz CT molecular complexity index is 273. The van der Waals surface area contributed by atoms with Crippen LogP contribution in [-0.4, -0.2) is 0 Å². The fraction of sp³-hybridized carbons (Fsp3) is 0.333. The van der Waals surface area contributed by atoms with Gasteiger partial charge in [0.2, 0.25) is 0 Å². The van der Waals surface area contributed by atoms with Crippen LogP contribution in [0, 0.1) is 6.92 Å². The van der Waals surface area contributed by atoms with Gasteiger partial charge in [0.05, 0.1) is 0 Å². The lowest BCUT2D eigenvalue weighted by Crippen LogP contribution is -2.25. The van der Waals surface area contributed by atoms with Crippen molar-refractivity contribution < 1.29 is 0 Å². The van der Waals surface area contributed by atoms with E-state index in [1.807, 2.05) is 6.92 Å². The lowest BCUT2D eigenvalue weighted by Gasteiger charge is -2.11. The van der Waals surface area contributed by atoms with E-state index in [-0.39, 0.29) is 6.04 Å². The molecule has 0 saturated heterocycles. The average molecular weight is 229 g/mol. The number of rotatable bonds is 2. The molecule has 0 radical (unpaired) electrons. The summed E-state index contributed by atoms with van der Waals surface area (Å²) in [6.07, 6.45) is 0. The molecular weight excluding hydrogens is 216 g/mol. The Labute approximate surface area is 81.3 Å². The van der Waals surface area contributed by atoms with Crippen molar-refractivity contribution in [2.24, 2.45) is 5.84 Å². The molecule has 3 N–H and O–H groups in total. The molecule has 0 bridgehead atoms. The third kappa shape index (κ3) is 2.06. The first-order valence-corrected chi connectivity index (χ1v) is 4.66. The van der Waals surface area contributed by atoms with Crippen LogP contribution in [-0.2, 0) is 0 Å². The van der Waals surface area contributed by atoms with Gasteiger partial charge >= 0.3 is 0 Å². The topological polar surface area (TPSA) is 38.0 Å². The second-order valence-electron chi connectivity index (χ2n) is 2.90. The molecule has 66 valence electrons. The molecule has 0 fully saturated rings. The number of halogens is 1. The summed E-state index contributed by atoms with van der Waals surface area (Å²) in [4.78, 5) is 0. The van der Waals surface area contributed by atoms with Crippen molar-refractivity contribution in [2.75, 3.05) is 0 Å². The molecule has 3 heteroatoms. The first kappa shape index (κ1) is 9.71. The van der Waals surface area contributed by atoms with E-state index in [0.717, 1.165) is 4.47 Å². The Morgan fingerprint density at radius 3 is 2.67 bits per heavy atom. The highest BCUT2D eigenvalue weighted by atomic mass is 79.9. The highest BCUT2D eigenvalue weighted by Gasteiger charge is 2.03. The van der Waals surface area contributed by atoms with Crippen molar-refractivity contribution >= 4 is 15.9 Å². The van der Waals surface area contributed by atoms with E-state index in [2.05, 4.69) is 46.5 Å². The molecule has 0 aliphatic carbocycles. The number of nitrogens with two attached hydrogens (primary N) is 1. The van der Waals surface area contributed by atoms with Gasteiger partial charge in [-0.05, 0) is 31.0 Å². The maximum absolute atomic E-state index is 5.33. The Morgan fingerprint density at radius 2 is 2.17 bits per heavy atom. The molecule has 1 aromatic carbocycles. The zero-order chi connectivity index (χ0) is 9.14. The second kappa shape index (κ2) is 4.03. The second-order valence-corrected chi connectivity index (χ2v) is 3.75. The lowest BCUT2D eigenvalue weighted by molar-refractivity contribution is 0.602. The Kier molecular flexibility index (Phi) is 3.26. The van der Waals surface area contributed by atoms with Crippen LogP contribution in [0.15, 0.2) is 22.7 Å². The van der Waals surface area contributed by atoms with E-state index in [1.54, 1.807) is 0 Å². The third-order valence-electron chi connectivity index (χ3n) is 1.95. The SMILES string of the molecule is Cc1ccc([C@H](C)NN)cc1Br. The zero-order valence-electron chi connectivity index (χ0n) is 7.26. The summed E-state index contributed by atoms with van der Waals surface area (Å²) in [5.74, 6) is 5.33. The minimum absolute atomic E-state index is 0.196. The quantitative estimate of drug-likeness (QED) is 0.603. The minimum atomic E-state index is 0.196. The lowest BCUT2D eigenvalue weighted by atomic mass is 10.1. The van der Waals surface area contributed by atoms with Crippen LogP contribution < -0.4 is 11.3 Å². The predicted octanol–water partition coefficient (Wildman–Crippen LogP) is 2.28. The summed E-state index contributed by atoms with van der Waals surface area (Å²) in [5, 5.41) is 0. The Balaban J connectivity index is 2.96. The number of nitrogens with one attached hydrogen (secondary N) is 1. The minimum Gasteiger partial charge on any atom is -0.271 e. The number of hydrogen-bond acceptors (Lipinski definition) is 2. The molecule has 0 unspecified atom stereocenters. The Morgan fingerprint density at radius 1 is 1.50 bits per heavy atom. The molecule has 1 atom stereocenters. The first-order chi connectivity index (χ1) is 5.65. The van der Waals surface area contributed by atoms with Crippen molar-refractivity contribution in [3.8, 4) is 0 Å². The van der Waals surface area contributed by atoms with Crippen LogP contribution in [0.2, 0.25) is 0 Å². The van der Waals surface area contributed by atoms with Gasteiger partial charge in [0, 0.05) is 10.5 Å². The van der Waals surface area contributed by atoms with Crippen LogP contribution in [0.5, 0.6) is 0 Å². The molecule has 0 saturated carbocycles. The van der Waals surface area contributed by atoms with E-state index in [1.165, 1.54) is 11.1 Å². The fourth-order valence-corrected chi connectivity index (χ4v) is 1.37. The van der Waals surface area contributed by atoms with Crippen molar-refractivity contribution in [3.05, 3.63) is 33.8 Å². The van der Waals surface area contributed by atoms with Gasteiger partial charge in [-0.1, -0.05) is 28.1 Å². The monoisotopic (exact) mass is 228 g/mol. The molecule has 2 nitrogen and oxygen atoms in total. The number of hydrazine groups is 1. The van der Waals surface area contributed by atoms with Gasteiger partial charge in [-0.25, -0.2) is 0 Å². The highest BCUT2D eigenvalue weighted by molar-refractivity contribution is 9.10. The van der Waals surface area contributed by atoms with Crippen LogP contribution in [0.3, 0.4) is 0 Å². The molecule has 1 aromatic rings. The fourth-order valence-electron chi connectivity index (χ4n) is 0.975. The zero-order valence-corrected chi connectivity index (χ0v) is 8.85. The smallest absolute Gasteiger partial charge is 0.0432 e. The van der Waals surface area contributed by atoms with Crippen LogP contribution in [0.1, 0.15) is 24.1 Å². The van der Waals surface area contributed by atoms with Crippen LogP contribution in [0.4, 0.5) is 0 Å².